The zero-order valence-corrected chi connectivity index (χ0v) is 12.4. The average Bonchev–Trinajstić information content (AvgIpc) is 2.37. The SMILES string of the molecule is CN1CC(Br)C2(c3cccc(O)c3)CCCC1C2. The molecule has 0 radical (unpaired) electrons. The van der Waals surface area contributed by atoms with Gasteiger partial charge in [0.05, 0.1) is 0 Å². The molecule has 1 saturated heterocycles. The number of piperidine rings is 1. The maximum Gasteiger partial charge on any atom is 0.115 e. The second-order valence-electron chi connectivity index (χ2n) is 5.86. The standard InChI is InChI=1S/C15H20BrNO/c1-17-10-14(16)15(7-3-5-12(17)9-15)11-4-2-6-13(18)8-11/h2,4,6,8,12,14,18H,3,5,7,9-10H2,1H3. The van der Waals surface area contributed by atoms with Crippen LogP contribution >= 0.6 is 15.9 Å². The second kappa shape index (κ2) is 4.53. The Morgan fingerprint density at radius 2 is 2.28 bits per heavy atom. The number of hydrogen-bond donors (Lipinski definition) is 1. The number of fused-ring (bicyclic) bond motifs is 2. The first-order chi connectivity index (χ1) is 8.62. The van der Waals surface area contributed by atoms with Gasteiger partial charge in [0, 0.05) is 22.8 Å². The summed E-state index contributed by atoms with van der Waals surface area (Å²) in [6.07, 6.45) is 5.04. The van der Waals surface area contributed by atoms with Crippen LogP contribution in [0.4, 0.5) is 0 Å². The van der Waals surface area contributed by atoms with Crippen molar-refractivity contribution in [1.29, 1.82) is 0 Å². The lowest BCUT2D eigenvalue weighted by Crippen LogP contribution is -2.56. The van der Waals surface area contributed by atoms with Gasteiger partial charge in [-0.1, -0.05) is 34.5 Å². The van der Waals surface area contributed by atoms with Gasteiger partial charge in [0.2, 0.25) is 0 Å². The van der Waals surface area contributed by atoms with Crippen LogP contribution in [0, 0.1) is 0 Å². The molecule has 18 heavy (non-hydrogen) atoms. The van der Waals surface area contributed by atoms with E-state index in [1.165, 1.54) is 31.2 Å². The molecule has 0 amide bonds. The van der Waals surface area contributed by atoms with E-state index in [9.17, 15) is 5.11 Å². The Labute approximate surface area is 117 Å². The largest absolute Gasteiger partial charge is 0.508 e. The Hall–Kier alpha value is -0.540. The zero-order valence-electron chi connectivity index (χ0n) is 10.8. The van der Waals surface area contributed by atoms with E-state index in [0.717, 1.165) is 6.54 Å². The number of aromatic hydroxyl groups is 1. The minimum atomic E-state index is 0.216. The Kier molecular flexibility index (Phi) is 3.15. The Morgan fingerprint density at radius 3 is 3.06 bits per heavy atom. The molecule has 1 N–H and O–H groups in total. The highest BCUT2D eigenvalue weighted by Gasteiger charge is 2.48. The molecular weight excluding hydrogens is 290 g/mol. The fourth-order valence-electron chi connectivity index (χ4n) is 3.77. The van der Waals surface area contributed by atoms with E-state index in [0.29, 0.717) is 16.6 Å². The van der Waals surface area contributed by atoms with Crippen molar-refractivity contribution in [2.75, 3.05) is 13.6 Å². The first kappa shape index (κ1) is 12.5. The lowest BCUT2D eigenvalue weighted by atomic mass is 9.63. The summed E-state index contributed by atoms with van der Waals surface area (Å²) in [5.74, 6) is 0.391. The molecule has 3 atom stereocenters. The summed E-state index contributed by atoms with van der Waals surface area (Å²) in [7, 11) is 2.23. The fraction of sp³-hybridized carbons (Fsp3) is 0.600. The van der Waals surface area contributed by atoms with E-state index >= 15 is 0 Å². The molecular formula is C15H20BrNO. The lowest BCUT2D eigenvalue weighted by molar-refractivity contribution is 0.0800. The predicted octanol–water partition coefficient (Wildman–Crippen LogP) is 3.28. The Morgan fingerprint density at radius 1 is 1.44 bits per heavy atom. The first-order valence-corrected chi connectivity index (χ1v) is 7.67. The van der Waals surface area contributed by atoms with E-state index in [1.54, 1.807) is 6.07 Å². The fourth-order valence-corrected chi connectivity index (χ4v) is 4.91. The molecule has 3 unspecified atom stereocenters. The van der Waals surface area contributed by atoms with Crippen LogP contribution in [0.3, 0.4) is 0 Å². The van der Waals surface area contributed by atoms with Gasteiger partial charge in [-0.2, -0.15) is 0 Å². The van der Waals surface area contributed by atoms with Crippen LogP contribution in [0.2, 0.25) is 0 Å². The zero-order chi connectivity index (χ0) is 12.8. The summed E-state index contributed by atoms with van der Waals surface area (Å²) in [5, 5.41) is 9.75. The van der Waals surface area contributed by atoms with E-state index in [1.807, 2.05) is 12.1 Å². The third-order valence-electron chi connectivity index (χ3n) is 4.85. The van der Waals surface area contributed by atoms with Gasteiger partial charge in [-0.15, -0.1) is 0 Å². The van der Waals surface area contributed by atoms with Gasteiger partial charge in [-0.05, 0) is 44.0 Å². The van der Waals surface area contributed by atoms with Crippen molar-refractivity contribution < 1.29 is 5.11 Å². The van der Waals surface area contributed by atoms with Gasteiger partial charge in [0.1, 0.15) is 5.75 Å². The maximum absolute atomic E-state index is 9.75. The molecule has 3 rings (SSSR count). The third-order valence-corrected chi connectivity index (χ3v) is 6.02. The Bertz CT molecular complexity index is 450. The molecule has 2 nitrogen and oxygen atoms in total. The van der Waals surface area contributed by atoms with Crippen LogP contribution in [0.1, 0.15) is 31.2 Å². The predicted molar refractivity (Wildman–Crippen MR) is 77.4 cm³/mol. The van der Waals surface area contributed by atoms with Crippen molar-refractivity contribution in [3.63, 3.8) is 0 Å². The van der Waals surface area contributed by atoms with Crippen LogP contribution in [-0.2, 0) is 5.41 Å². The molecule has 1 saturated carbocycles. The van der Waals surface area contributed by atoms with Crippen molar-refractivity contribution >= 4 is 15.9 Å². The highest BCUT2D eigenvalue weighted by atomic mass is 79.9. The highest BCUT2D eigenvalue weighted by Crippen LogP contribution is 2.49. The number of hydrogen-bond acceptors (Lipinski definition) is 2. The molecule has 3 heteroatoms. The molecule has 1 aromatic rings. The molecule has 2 aliphatic rings. The monoisotopic (exact) mass is 309 g/mol. The molecule has 0 aromatic heterocycles. The minimum Gasteiger partial charge on any atom is -0.508 e. The van der Waals surface area contributed by atoms with Crippen molar-refractivity contribution in [1.82, 2.24) is 4.90 Å². The number of benzene rings is 1. The number of likely N-dealkylation sites (tertiary alicyclic amines) is 1. The summed E-state index contributed by atoms with van der Waals surface area (Å²) in [5.41, 5.74) is 1.52. The van der Waals surface area contributed by atoms with Gasteiger partial charge in [0.15, 0.2) is 0 Å². The molecule has 98 valence electrons. The van der Waals surface area contributed by atoms with Gasteiger partial charge in [-0.3, -0.25) is 0 Å². The molecule has 2 bridgehead atoms. The van der Waals surface area contributed by atoms with Gasteiger partial charge in [0.25, 0.3) is 0 Å². The number of phenols is 1. The van der Waals surface area contributed by atoms with E-state index in [4.69, 9.17) is 0 Å². The molecule has 2 fully saturated rings. The first-order valence-electron chi connectivity index (χ1n) is 6.76. The van der Waals surface area contributed by atoms with Crippen molar-refractivity contribution in [2.24, 2.45) is 0 Å². The topological polar surface area (TPSA) is 23.5 Å². The second-order valence-corrected chi connectivity index (χ2v) is 6.97. The number of phenolic OH excluding ortho intramolecular Hbond substituents is 1. The molecule has 0 spiro atoms. The minimum absolute atomic E-state index is 0.216. The maximum atomic E-state index is 9.75. The van der Waals surface area contributed by atoms with Crippen LogP contribution in [0.15, 0.2) is 24.3 Å². The number of alkyl halides is 1. The van der Waals surface area contributed by atoms with Crippen LogP contribution in [0.5, 0.6) is 5.75 Å². The molecule has 1 heterocycles. The van der Waals surface area contributed by atoms with E-state index < -0.39 is 0 Å². The summed E-state index contributed by atoms with van der Waals surface area (Å²) >= 11 is 3.91. The van der Waals surface area contributed by atoms with Gasteiger partial charge >= 0.3 is 0 Å². The van der Waals surface area contributed by atoms with Crippen LogP contribution in [0.25, 0.3) is 0 Å². The average molecular weight is 310 g/mol. The number of nitrogens with zero attached hydrogens (tertiary/aromatic N) is 1. The summed E-state index contributed by atoms with van der Waals surface area (Å²) in [4.78, 5) is 2.97. The molecule has 1 aromatic carbocycles. The molecule has 1 aliphatic carbocycles. The Balaban J connectivity index is 2.01. The summed E-state index contributed by atoms with van der Waals surface area (Å²) < 4.78 is 0. The lowest BCUT2D eigenvalue weighted by Gasteiger charge is -2.52. The van der Waals surface area contributed by atoms with Gasteiger partial charge in [-0.25, -0.2) is 0 Å². The smallest absolute Gasteiger partial charge is 0.115 e. The van der Waals surface area contributed by atoms with E-state index in [2.05, 4.69) is 33.9 Å². The van der Waals surface area contributed by atoms with Crippen molar-refractivity contribution in [3.8, 4) is 5.75 Å². The number of halogens is 1. The summed E-state index contributed by atoms with van der Waals surface area (Å²) in [6, 6.07) is 8.58. The van der Waals surface area contributed by atoms with Crippen LogP contribution in [-0.4, -0.2) is 34.5 Å². The normalized spacial score (nSPS) is 36.6. The van der Waals surface area contributed by atoms with Crippen molar-refractivity contribution in [2.45, 2.75) is 42.0 Å². The van der Waals surface area contributed by atoms with E-state index in [-0.39, 0.29) is 5.41 Å². The molecule has 1 aliphatic heterocycles. The third kappa shape index (κ3) is 1.88. The highest BCUT2D eigenvalue weighted by molar-refractivity contribution is 9.09. The quantitative estimate of drug-likeness (QED) is 0.805. The number of rotatable bonds is 1. The summed E-state index contributed by atoms with van der Waals surface area (Å²) in [6.45, 7) is 1.10. The van der Waals surface area contributed by atoms with Crippen molar-refractivity contribution in [3.05, 3.63) is 29.8 Å². The van der Waals surface area contributed by atoms with Crippen LogP contribution < -0.4 is 0 Å². The van der Waals surface area contributed by atoms with Gasteiger partial charge < -0.3 is 10.0 Å².